The first-order valence-electron chi connectivity index (χ1n) is 8.65. The molecule has 2 unspecified atom stereocenters. The lowest BCUT2D eigenvalue weighted by Crippen LogP contribution is -2.48. The monoisotopic (exact) mass is 374 g/mol. The summed E-state index contributed by atoms with van der Waals surface area (Å²) in [6.45, 7) is 4.92. The lowest BCUT2D eigenvalue weighted by atomic mass is 9.82. The van der Waals surface area contributed by atoms with Crippen molar-refractivity contribution in [2.75, 3.05) is 0 Å². The van der Waals surface area contributed by atoms with Gasteiger partial charge in [0.15, 0.2) is 0 Å². The zero-order valence-corrected chi connectivity index (χ0v) is 14.8. The molecule has 0 heterocycles. The number of carbonyl (C=O) groups excluding carboxylic acids is 1. The molecular formula is C17H27F5O3. The minimum atomic E-state index is -5.44. The Morgan fingerprint density at radius 1 is 1.12 bits per heavy atom. The third-order valence-corrected chi connectivity index (χ3v) is 5.05. The Labute approximate surface area is 144 Å². The molecule has 1 aliphatic rings. The number of ether oxygens (including phenoxy) is 1. The van der Waals surface area contributed by atoms with Crippen molar-refractivity contribution in [1.82, 2.24) is 0 Å². The summed E-state index contributed by atoms with van der Waals surface area (Å²) in [7, 11) is 0. The summed E-state index contributed by atoms with van der Waals surface area (Å²) in [5, 5.41) is 8.99. The van der Waals surface area contributed by atoms with Crippen LogP contribution in [0.2, 0.25) is 0 Å². The Morgan fingerprint density at radius 2 is 1.64 bits per heavy atom. The van der Waals surface area contributed by atoms with Gasteiger partial charge in [0.05, 0.1) is 11.8 Å². The maximum atomic E-state index is 14.0. The second kappa shape index (κ2) is 8.18. The van der Waals surface area contributed by atoms with Crippen LogP contribution in [0.3, 0.4) is 0 Å². The largest absolute Gasteiger partial charge is 0.461 e. The summed E-state index contributed by atoms with van der Waals surface area (Å²) >= 11 is 0. The molecule has 3 nitrogen and oxygen atoms in total. The standard InChI is InChI=1S/C17H27F5O3/c1-4-15(2,3)14(24)25-12(11-8-6-5-7-9-11)10-16(18,19)13(23)17(20,21)22/h11-13,23H,4-10H2,1-3H3. The van der Waals surface area contributed by atoms with Crippen molar-refractivity contribution in [3.8, 4) is 0 Å². The Kier molecular flexibility index (Phi) is 7.24. The van der Waals surface area contributed by atoms with Gasteiger partial charge in [-0.05, 0) is 39.0 Å². The lowest BCUT2D eigenvalue weighted by molar-refractivity contribution is -0.276. The fourth-order valence-corrected chi connectivity index (χ4v) is 2.87. The molecule has 0 spiro atoms. The van der Waals surface area contributed by atoms with Gasteiger partial charge in [-0.3, -0.25) is 4.79 Å². The van der Waals surface area contributed by atoms with E-state index in [2.05, 4.69) is 0 Å². The van der Waals surface area contributed by atoms with Crippen LogP contribution < -0.4 is 0 Å². The number of aliphatic hydroxyl groups is 1. The molecule has 0 radical (unpaired) electrons. The minimum absolute atomic E-state index is 0.408. The van der Waals surface area contributed by atoms with Crippen LogP contribution in [0, 0.1) is 11.3 Å². The van der Waals surface area contributed by atoms with Crippen LogP contribution in [0.1, 0.15) is 65.7 Å². The molecule has 25 heavy (non-hydrogen) atoms. The van der Waals surface area contributed by atoms with Gasteiger partial charge in [-0.25, -0.2) is 8.78 Å². The number of alkyl halides is 5. The molecule has 0 aromatic rings. The maximum absolute atomic E-state index is 14.0. The normalized spacial score (nSPS) is 20.2. The Morgan fingerprint density at radius 3 is 2.08 bits per heavy atom. The molecule has 0 aliphatic heterocycles. The number of esters is 1. The topological polar surface area (TPSA) is 46.5 Å². The molecule has 0 saturated heterocycles. The van der Waals surface area contributed by atoms with Crippen LogP contribution >= 0.6 is 0 Å². The summed E-state index contributed by atoms with van der Waals surface area (Å²) in [4.78, 5) is 12.2. The van der Waals surface area contributed by atoms with E-state index in [9.17, 15) is 26.7 Å². The summed E-state index contributed by atoms with van der Waals surface area (Å²) in [6.07, 6.45) is -8.02. The van der Waals surface area contributed by atoms with E-state index in [-0.39, 0.29) is 0 Å². The molecule has 1 saturated carbocycles. The van der Waals surface area contributed by atoms with Crippen LogP contribution in [0.15, 0.2) is 0 Å². The van der Waals surface area contributed by atoms with Gasteiger partial charge in [0, 0.05) is 0 Å². The molecule has 0 amide bonds. The number of hydrogen-bond donors (Lipinski definition) is 1. The fourth-order valence-electron chi connectivity index (χ4n) is 2.87. The molecule has 2 atom stereocenters. The molecule has 0 aromatic heterocycles. The Bertz CT molecular complexity index is 442. The van der Waals surface area contributed by atoms with Crippen LogP contribution in [-0.2, 0) is 9.53 Å². The molecule has 148 valence electrons. The van der Waals surface area contributed by atoms with Gasteiger partial charge in [-0.15, -0.1) is 0 Å². The molecule has 1 aliphatic carbocycles. The fraction of sp³-hybridized carbons (Fsp3) is 0.941. The van der Waals surface area contributed by atoms with Gasteiger partial charge < -0.3 is 9.84 Å². The average Bonchev–Trinajstić information content (AvgIpc) is 2.53. The zero-order valence-electron chi connectivity index (χ0n) is 14.8. The van der Waals surface area contributed by atoms with Crippen LogP contribution in [0.25, 0.3) is 0 Å². The smallest absolute Gasteiger partial charge is 0.420 e. The minimum Gasteiger partial charge on any atom is -0.461 e. The number of carbonyl (C=O) groups is 1. The molecule has 8 heteroatoms. The first-order chi connectivity index (χ1) is 11.3. The van der Waals surface area contributed by atoms with E-state index in [0.29, 0.717) is 19.3 Å². The van der Waals surface area contributed by atoms with Gasteiger partial charge in [0.1, 0.15) is 6.10 Å². The number of hydrogen-bond acceptors (Lipinski definition) is 3. The van der Waals surface area contributed by atoms with Crippen molar-refractivity contribution in [2.24, 2.45) is 11.3 Å². The Hall–Kier alpha value is -0.920. The maximum Gasteiger partial charge on any atom is 0.420 e. The molecule has 0 aromatic carbocycles. The van der Waals surface area contributed by atoms with Crippen LogP contribution in [0.5, 0.6) is 0 Å². The van der Waals surface area contributed by atoms with Crippen LogP contribution in [0.4, 0.5) is 22.0 Å². The van der Waals surface area contributed by atoms with E-state index in [1.165, 1.54) is 0 Å². The summed E-state index contributed by atoms with van der Waals surface area (Å²) < 4.78 is 70.7. The number of aliphatic hydroxyl groups excluding tert-OH is 1. The van der Waals surface area contributed by atoms with Crippen molar-refractivity contribution in [2.45, 2.75) is 90.0 Å². The highest BCUT2D eigenvalue weighted by atomic mass is 19.4. The zero-order chi connectivity index (χ0) is 19.5. The summed E-state index contributed by atoms with van der Waals surface area (Å²) in [5.74, 6) is -5.55. The van der Waals surface area contributed by atoms with Gasteiger partial charge in [-0.2, -0.15) is 13.2 Å². The average molecular weight is 374 g/mol. The Balaban J connectivity index is 2.96. The molecule has 1 N–H and O–H groups in total. The summed E-state index contributed by atoms with van der Waals surface area (Å²) in [6, 6.07) is 0. The second-order valence-corrected chi connectivity index (χ2v) is 7.49. The van der Waals surface area contributed by atoms with Crippen LogP contribution in [-0.4, -0.2) is 35.4 Å². The highest BCUT2D eigenvalue weighted by Crippen LogP contribution is 2.40. The first kappa shape index (κ1) is 22.1. The van der Waals surface area contributed by atoms with E-state index in [1.807, 2.05) is 0 Å². The highest BCUT2D eigenvalue weighted by Gasteiger charge is 2.56. The van der Waals surface area contributed by atoms with E-state index < -0.39 is 48.0 Å². The van der Waals surface area contributed by atoms with Crippen molar-refractivity contribution in [3.63, 3.8) is 0 Å². The van der Waals surface area contributed by atoms with E-state index in [0.717, 1.165) is 19.3 Å². The quantitative estimate of drug-likeness (QED) is 0.511. The summed E-state index contributed by atoms with van der Waals surface area (Å²) in [5.41, 5.74) is -0.912. The van der Waals surface area contributed by atoms with E-state index >= 15 is 0 Å². The van der Waals surface area contributed by atoms with Crippen molar-refractivity contribution >= 4 is 5.97 Å². The second-order valence-electron chi connectivity index (χ2n) is 7.49. The SMILES string of the molecule is CCC(C)(C)C(=O)OC(CC(F)(F)C(O)C(F)(F)F)C1CCCCC1. The predicted molar refractivity (Wildman–Crippen MR) is 82.2 cm³/mol. The molecule has 0 bridgehead atoms. The number of rotatable bonds is 7. The third kappa shape index (κ3) is 6.08. The third-order valence-electron chi connectivity index (χ3n) is 5.05. The van der Waals surface area contributed by atoms with E-state index in [1.54, 1.807) is 20.8 Å². The molecular weight excluding hydrogens is 347 g/mol. The van der Waals surface area contributed by atoms with Gasteiger partial charge >= 0.3 is 12.1 Å². The van der Waals surface area contributed by atoms with Gasteiger partial charge in [0.25, 0.3) is 5.92 Å². The van der Waals surface area contributed by atoms with Crippen molar-refractivity contribution in [1.29, 1.82) is 0 Å². The van der Waals surface area contributed by atoms with Crippen molar-refractivity contribution < 1.29 is 36.6 Å². The number of halogens is 5. The van der Waals surface area contributed by atoms with E-state index in [4.69, 9.17) is 9.84 Å². The van der Waals surface area contributed by atoms with Crippen molar-refractivity contribution in [3.05, 3.63) is 0 Å². The predicted octanol–water partition coefficient (Wildman–Crippen LogP) is 4.86. The molecule has 1 rings (SSSR count). The lowest BCUT2D eigenvalue weighted by Gasteiger charge is -2.35. The van der Waals surface area contributed by atoms with Gasteiger partial charge in [-0.1, -0.05) is 26.2 Å². The van der Waals surface area contributed by atoms with Gasteiger partial charge in [0.2, 0.25) is 6.10 Å². The molecule has 1 fully saturated rings. The first-order valence-corrected chi connectivity index (χ1v) is 8.65. The highest BCUT2D eigenvalue weighted by molar-refractivity contribution is 5.76.